The van der Waals surface area contributed by atoms with E-state index in [4.69, 9.17) is 9.47 Å². The summed E-state index contributed by atoms with van der Waals surface area (Å²) in [5.41, 5.74) is 3.49. The molecule has 0 aliphatic heterocycles. The summed E-state index contributed by atoms with van der Waals surface area (Å²) in [6, 6.07) is 21.5. The van der Waals surface area contributed by atoms with Crippen molar-refractivity contribution in [2.45, 2.75) is 40.2 Å². The molecule has 0 spiro atoms. The number of anilines is 1. The van der Waals surface area contributed by atoms with Gasteiger partial charge in [-0.1, -0.05) is 48.0 Å². The van der Waals surface area contributed by atoms with Gasteiger partial charge in [-0.05, 0) is 80.4 Å². The molecule has 0 bridgehead atoms. The van der Waals surface area contributed by atoms with Crippen LogP contribution in [0, 0.1) is 6.92 Å². The first-order chi connectivity index (χ1) is 16.3. The molecule has 0 aliphatic rings. The molecule has 0 unspecified atom stereocenters. The van der Waals surface area contributed by atoms with E-state index < -0.39 is 5.60 Å². The van der Waals surface area contributed by atoms with E-state index in [1.807, 2.05) is 87.5 Å². The molecular weight excluding hydrogens is 492 g/mol. The number of methoxy groups -OCH3 is 1. The Morgan fingerprint density at radius 2 is 1.71 bits per heavy atom. The van der Waals surface area contributed by atoms with Gasteiger partial charge >= 0.3 is 0 Å². The first kappa shape index (κ1) is 27.4. The first-order valence-corrected chi connectivity index (χ1v) is 12.2. The Kier molecular flexibility index (Phi) is 10.6. The summed E-state index contributed by atoms with van der Waals surface area (Å²) in [5.74, 6) is 1.41. The summed E-state index contributed by atoms with van der Waals surface area (Å²) in [4.78, 5) is 4.64. The zero-order chi connectivity index (χ0) is 25.1. The average Bonchev–Trinajstić information content (AvgIpc) is 2.82. The molecule has 182 valence electrons. The summed E-state index contributed by atoms with van der Waals surface area (Å²) in [6.45, 7) is 10.8. The highest BCUT2D eigenvalue weighted by Gasteiger charge is 2.17. The van der Waals surface area contributed by atoms with Gasteiger partial charge in [-0.3, -0.25) is 0 Å². The Morgan fingerprint density at radius 3 is 2.32 bits per heavy atom. The fourth-order valence-electron chi connectivity index (χ4n) is 3.14. The molecule has 0 fully saturated rings. The number of ether oxygens (including phenoxy) is 2. The summed E-state index contributed by atoms with van der Waals surface area (Å²) in [7, 11) is 1.60. The average molecular weight is 528 g/mol. The van der Waals surface area contributed by atoms with Crippen molar-refractivity contribution in [3.8, 4) is 5.75 Å². The van der Waals surface area contributed by atoms with Gasteiger partial charge in [-0.25, -0.2) is 4.99 Å². The number of benzene rings is 3. The Morgan fingerprint density at radius 1 is 1.03 bits per heavy atom. The van der Waals surface area contributed by atoms with Crippen LogP contribution < -0.4 is 10.1 Å². The number of rotatable bonds is 8. The maximum atomic E-state index is 10.3. The van der Waals surface area contributed by atoms with Crippen LogP contribution in [-0.2, 0) is 10.3 Å². The second kappa shape index (κ2) is 13.2. The third-order valence-electron chi connectivity index (χ3n) is 4.93. The minimum Gasteiger partial charge on any atom is -0.491 e. The third kappa shape index (κ3) is 8.19. The van der Waals surface area contributed by atoms with Gasteiger partial charge in [-0.2, -0.15) is 0 Å². The number of hydrogen-bond donors (Lipinski definition) is 2. The van der Waals surface area contributed by atoms with Crippen LogP contribution in [0.3, 0.4) is 0 Å². The second-order valence-electron chi connectivity index (χ2n) is 8.00. The van der Waals surface area contributed by atoms with Crippen LogP contribution in [-0.4, -0.2) is 31.3 Å². The standard InChI is InChI=1S/C26H29BrN2O3.C2H6/c1-18-7-5-6-8-24(18)32-14-13-28-22-11-9-19(10-12-22)25(31-4)29-23-16-20(26(2,3)30)15-21(27)17-23;1-2/h5-12,15-17,28,30H,13-14H2,1-4H3;1-2H3. The number of aliphatic hydroxyl groups is 1. The number of nitrogens with one attached hydrogen (secondary N) is 1. The summed E-state index contributed by atoms with van der Waals surface area (Å²) >= 11 is 3.49. The van der Waals surface area contributed by atoms with Crippen LogP contribution in [0.25, 0.3) is 0 Å². The monoisotopic (exact) mass is 526 g/mol. The number of hydrogen-bond acceptors (Lipinski definition) is 5. The zero-order valence-electron chi connectivity index (χ0n) is 20.9. The molecule has 34 heavy (non-hydrogen) atoms. The smallest absolute Gasteiger partial charge is 0.221 e. The SMILES string of the molecule is CC.COC(=Nc1cc(Br)cc(C(C)(C)O)c1)c1ccc(NCCOc2ccccc2C)cc1. The molecule has 6 heteroatoms. The molecule has 0 aromatic heterocycles. The first-order valence-electron chi connectivity index (χ1n) is 11.4. The van der Waals surface area contributed by atoms with E-state index in [0.29, 0.717) is 24.7 Å². The topological polar surface area (TPSA) is 63.1 Å². The van der Waals surface area contributed by atoms with Gasteiger partial charge in [0.2, 0.25) is 5.90 Å². The molecule has 3 rings (SSSR count). The van der Waals surface area contributed by atoms with E-state index in [2.05, 4.69) is 26.2 Å². The quantitative estimate of drug-likeness (QED) is 0.184. The van der Waals surface area contributed by atoms with Crippen molar-refractivity contribution < 1.29 is 14.6 Å². The lowest BCUT2D eigenvalue weighted by Gasteiger charge is -2.18. The van der Waals surface area contributed by atoms with Crippen LogP contribution in [0.15, 0.2) is 76.2 Å². The highest BCUT2D eigenvalue weighted by molar-refractivity contribution is 9.10. The molecule has 2 N–H and O–H groups in total. The molecule has 0 radical (unpaired) electrons. The van der Waals surface area contributed by atoms with Crippen molar-refractivity contribution in [1.29, 1.82) is 0 Å². The van der Waals surface area contributed by atoms with E-state index in [-0.39, 0.29) is 0 Å². The van der Waals surface area contributed by atoms with Gasteiger partial charge in [0.15, 0.2) is 0 Å². The van der Waals surface area contributed by atoms with Crippen molar-refractivity contribution in [3.63, 3.8) is 0 Å². The van der Waals surface area contributed by atoms with Crippen LogP contribution in [0.2, 0.25) is 0 Å². The number of aliphatic imine (C=N–C) groups is 1. The highest BCUT2D eigenvalue weighted by atomic mass is 79.9. The lowest BCUT2D eigenvalue weighted by atomic mass is 9.98. The van der Waals surface area contributed by atoms with Crippen molar-refractivity contribution >= 4 is 33.2 Å². The fraction of sp³-hybridized carbons (Fsp3) is 0.321. The zero-order valence-corrected chi connectivity index (χ0v) is 22.4. The number of halogens is 1. The summed E-state index contributed by atoms with van der Waals surface area (Å²) < 4.78 is 12.2. The number of para-hydroxylation sites is 1. The van der Waals surface area contributed by atoms with Crippen molar-refractivity contribution in [1.82, 2.24) is 0 Å². The predicted molar refractivity (Wildman–Crippen MR) is 146 cm³/mol. The van der Waals surface area contributed by atoms with Crippen LogP contribution in [0.1, 0.15) is 44.4 Å². The van der Waals surface area contributed by atoms with E-state index in [1.165, 1.54) is 0 Å². The Balaban J connectivity index is 0.00000199. The molecular formula is C28H35BrN2O3. The van der Waals surface area contributed by atoms with Crippen molar-refractivity contribution in [2.75, 3.05) is 25.6 Å². The van der Waals surface area contributed by atoms with Gasteiger partial charge in [0, 0.05) is 22.3 Å². The van der Waals surface area contributed by atoms with Gasteiger partial charge in [0.1, 0.15) is 12.4 Å². The van der Waals surface area contributed by atoms with Crippen molar-refractivity contribution in [3.05, 3.63) is 87.9 Å². The van der Waals surface area contributed by atoms with Gasteiger partial charge in [-0.15, -0.1) is 0 Å². The van der Waals surface area contributed by atoms with Crippen LogP contribution >= 0.6 is 15.9 Å². The summed E-state index contributed by atoms with van der Waals surface area (Å²) in [6.07, 6.45) is 0. The molecule has 0 heterocycles. The van der Waals surface area contributed by atoms with E-state index in [0.717, 1.165) is 32.6 Å². The molecule has 3 aromatic carbocycles. The van der Waals surface area contributed by atoms with Gasteiger partial charge in [0.25, 0.3) is 0 Å². The fourth-order valence-corrected chi connectivity index (χ4v) is 3.62. The minimum absolute atomic E-state index is 0.499. The molecule has 0 saturated heterocycles. The molecule has 0 amide bonds. The van der Waals surface area contributed by atoms with E-state index in [9.17, 15) is 5.11 Å². The van der Waals surface area contributed by atoms with Gasteiger partial charge in [0.05, 0.1) is 18.4 Å². The van der Waals surface area contributed by atoms with E-state index >= 15 is 0 Å². The lowest BCUT2D eigenvalue weighted by molar-refractivity contribution is 0.0786. The highest BCUT2D eigenvalue weighted by Crippen LogP contribution is 2.29. The Labute approximate surface area is 212 Å². The minimum atomic E-state index is -0.961. The third-order valence-corrected chi connectivity index (χ3v) is 5.39. The molecule has 0 saturated carbocycles. The maximum absolute atomic E-state index is 10.3. The van der Waals surface area contributed by atoms with Gasteiger partial charge < -0.3 is 19.9 Å². The maximum Gasteiger partial charge on any atom is 0.221 e. The predicted octanol–water partition coefficient (Wildman–Crippen LogP) is 7.23. The number of nitrogens with zero attached hydrogens (tertiary/aromatic N) is 1. The summed E-state index contributed by atoms with van der Waals surface area (Å²) in [5, 5.41) is 13.7. The molecule has 3 aromatic rings. The Bertz CT molecular complexity index is 1070. The van der Waals surface area contributed by atoms with Crippen molar-refractivity contribution in [2.24, 2.45) is 4.99 Å². The second-order valence-corrected chi connectivity index (χ2v) is 8.91. The number of aryl methyl sites for hydroxylation is 1. The van der Waals surface area contributed by atoms with Crippen LogP contribution in [0.5, 0.6) is 5.75 Å². The lowest BCUT2D eigenvalue weighted by Crippen LogP contribution is -2.15. The molecule has 0 aliphatic carbocycles. The molecule has 5 nitrogen and oxygen atoms in total. The normalized spacial score (nSPS) is 11.4. The molecule has 0 atom stereocenters. The van der Waals surface area contributed by atoms with Crippen LogP contribution in [0.4, 0.5) is 11.4 Å². The van der Waals surface area contributed by atoms with E-state index in [1.54, 1.807) is 21.0 Å². The largest absolute Gasteiger partial charge is 0.491 e. The Hall–Kier alpha value is -2.83.